The topological polar surface area (TPSA) is 58.8 Å². The number of aromatic nitrogens is 1. The van der Waals surface area contributed by atoms with Crippen LogP contribution in [0.25, 0.3) is 32.1 Å². The Kier molecular flexibility index (Phi) is 5.23. The van der Waals surface area contributed by atoms with Crippen LogP contribution in [0.4, 0.5) is 5.69 Å². The van der Waals surface area contributed by atoms with Crippen LogP contribution >= 0.6 is 0 Å². The molecule has 34 heavy (non-hydrogen) atoms. The van der Waals surface area contributed by atoms with Gasteiger partial charge in [-0.2, -0.15) is 0 Å². The third-order valence-corrected chi connectivity index (χ3v) is 7.50. The molecule has 170 valence electrons. The van der Waals surface area contributed by atoms with Crippen LogP contribution in [0.15, 0.2) is 66.9 Å². The standard InChI is InChI=1S/C29H28N4O/c1-31-22-8-9-27-25(15-22)26(18-33(27)17-23(34)16-30)19-10-12-32(13-11-19)28-14-21-6-2-4-20-5-3-7-24(28)29(20)21/h2-10,15,18,23,28,34H,11-14,16-17,30H2/t23?,28-/m1/s1. The molecule has 2 heterocycles. The number of hydrogen-bond donors (Lipinski definition) is 2. The zero-order chi connectivity index (χ0) is 23.2. The van der Waals surface area contributed by atoms with E-state index in [0.29, 0.717) is 18.3 Å². The van der Waals surface area contributed by atoms with Gasteiger partial charge in [-0.05, 0) is 57.8 Å². The van der Waals surface area contributed by atoms with Crippen molar-refractivity contribution < 1.29 is 5.11 Å². The first kappa shape index (κ1) is 21.1. The maximum atomic E-state index is 10.2. The fourth-order valence-corrected chi connectivity index (χ4v) is 5.82. The molecule has 0 radical (unpaired) electrons. The summed E-state index contributed by atoms with van der Waals surface area (Å²) in [5.74, 6) is 0. The lowest BCUT2D eigenvalue weighted by atomic mass is 9.96. The van der Waals surface area contributed by atoms with Crippen molar-refractivity contribution in [3.8, 4) is 0 Å². The Morgan fingerprint density at radius 3 is 2.76 bits per heavy atom. The number of rotatable bonds is 5. The van der Waals surface area contributed by atoms with Gasteiger partial charge in [0, 0.05) is 49.5 Å². The monoisotopic (exact) mass is 448 g/mol. The van der Waals surface area contributed by atoms with Gasteiger partial charge >= 0.3 is 0 Å². The zero-order valence-electron chi connectivity index (χ0n) is 19.1. The maximum absolute atomic E-state index is 10.2. The van der Waals surface area contributed by atoms with E-state index in [1.165, 1.54) is 33.0 Å². The van der Waals surface area contributed by atoms with Crippen LogP contribution in [0.5, 0.6) is 0 Å². The lowest BCUT2D eigenvalue weighted by Gasteiger charge is -2.32. The second kappa shape index (κ2) is 8.41. The van der Waals surface area contributed by atoms with E-state index in [4.69, 9.17) is 12.3 Å². The lowest BCUT2D eigenvalue weighted by Crippen LogP contribution is -2.32. The van der Waals surface area contributed by atoms with Crippen LogP contribution in [-0.2, 0) is 13.0 Å². The predicted molar refractivity (Wildman–Crippen MR) is 138 cm³/mol. The Morgan fingerprint density at radius 2 is 2.00 bits per heavy atom. The third kappa shape index (κ3) is 3.43. The SMILES string of the molecule is [C-]#[N+]c1ccc2c(c1)c(C1=CCN([C@@H]3Cc4cccc5cccc3c45)CC1)cn2CC(O)CN. The van der Waals surface area contributed by atoms with Gasteiger partial charge in [-0.25, -0.2) is 4.85 Å². The summed E-state index contributed by atoms with van der Waals surface area (Å²) in [6.45, 7) is 10.0. The highest BCUT2D eigenvalue weighted by Crippen LogP contribution is 2.42. The Morgan fingerprint density at radius 1 is 1.15 bits per heavy atom. The molecule has 1 unspecified atom stereocenters. The van der Waals surface area contributed by atoms with Gasteiger partial charge in [-0.3, -0.25) is 4.90 Å². The first-order valence-corrected chi connectivity index (χ1v) is 12.0. The van der Waals surface area contributed by atoms with Gasteiger partial charge in [0.1, 0.15) is 0 Å². The first-order chi connectivity index (χ1) is 16.7. The van der Waals surface area contributed by atoms with E-state index in [2.05, 4.69) is 63.0 Å². The van der Waals surface area contributed by atoms with Gasteiger partial charge in [0.05, 0.1) is 12.7 Å². The van der Waals surface area contributed by atoms with Gasteiger partial charge < -0.3 is 15.4 Å². The second-order valence-corrected chi connectivity index (χ2v) is 9.45. The molecule has 0 bridgehead atoms. The number of aliphatic hydroxyl groups excluding tert-OH is 1. The van der Waals surface area contributed by atoms with Crippen LogP contribution in [0.2, 0.25) is 0 Å². The second-order valence-electron chi connectivity index (χ2n) is 9.45. The van der Waals surface area contributed by atoms with E-state index < -0.39 is 6.10 Å². The van der Waals surface area contributed by atoms with Crippen molar-refractivity contribution in [3.63, 3.8) is 0 Å². The summed E-state index contributed by atoms with van der Waals surface area (Å²) in [6.07, 6.45) is 5.93. The number of hydrogen-bond acceptors (Lipinski definition) is 3. The van der Waals surface area contributed by atoms with E-state index in [-0.39, 0.29) is 6.54 Å². The zero-order valence-corrected chi connectivity index (χ0v) is 19.1. The van der Waals surface area contributed by atoms with E-state index in [1.54, 1.807) is 0 Å². The van der Waals surface area contributed by atoms with Crippen molar-refractivity contribution >= 4 is 32.9 Å². The molecule has 1 aliphatic carbocycles. The Balaban J connectivity index is 1.32. The molecule has 0 saturated heterocycles. The maximum Gasteiger partial charge on any atom is 0.188 e. The highest BCUT2D eigenvalue weighted by atomic mass is 16.3. The molecule has 4 aromatic rings. The molecule has 2 aliphatic rings. The molecule has 1 aromatic heterocycles. The minimum atomic E-state index is -0.591. The average Bonchev–Trinajstić information content (AvgIpc) is 3.44. The van der Waals surface area contributed by atoms with Crippen LogP contribution in [0, 0.1) is 6.57 Å². The summed E-state index contributed by atoms with van der Waals surface area (Å²) in [4.78, 5) is 6.24. The first-order valence-electron chi connectivity index (χ1n) is 12.0. The summed E-state index contributed by atoms with van der Waals surface area (Å²) < 4.78 is 2.08. The molecule has 0 spiro atoms. The Labute approximate surface area is 199 Å². The van der Waals surface area contributed by atoms with Crippen LogP contribution < -0.4 is 5.73 Å². The van der Waals surface area contributed by atoms with Gasteiger partial charge in [-0.15, -0.1) is 0 Å². The van der Waals surface area contributed by atoms with Crippen LogP contribution in [0.1, 0.15) is 29.2 Å². The molecule has 0 amide bonds. The molecular weight excluding hydrogens is 420 g/mol. The number of benzene rings is 3. The normalized spacial score (nSPS) is 18.9. The third-order valence-electron chi connectivity index (χ3n) is 7.50. The summed E-state index contributed by atoms with van der Waals surface area (Å²) in [5, 5.41) is 14.0. The molecule has 6 rings (SSSR count). The number of nitrogens with zero attached hydrogens (tertiary/aromatic N) is 3. The number of nitrogens with two attached hydrogens (primary N) is 1. The van der Waals surface area contributed by atoms with Gasteiger partial charge in [0.2, 0.25) is 0 Å². The van der Waals surface area contributed by atoms with Crippen LogP contribution in [-0.4, -0.2) is 40.3 Å². The molecule has 2 atom stereocenters. The van der Waals surface area contributed by atoms with Crippen molar-refractivity contribution in [2.75, 3.05) is 19.6 Å². The summed E-state index contributed by atoms with van der Waals surface area (Å²) in [7, 11) is 0. The van der Waals surface area contributed by atoms with E-state index in [1.807, 2.05) is 18.2 Å². The van der Waals surface area contributed by atoms with E-state index >= 15 is 0 Å². The molecule has 5 heteroatoms. The average molecular weight is 449 g/mol. The predicted octanol–water partition coefficient (Wildman–Crippen LogP) is 5.05. The van der Waals surface area contributed by atoms with E-state index in [0.717, 1.165) is 36.8 Å². The van der Waals surface area contributed by atoms with Crippen molar-refractivity contribution in [3.05, 3.63) is 95.0 Å². The Bertz CT molecular complexity index is 1470. The molecule has 3 aromatic carbocycles. The number of fused-ring (bicyclic) bond motifs is 1. The van der Waals surface area contributed by atoms with Crippen molar-refractivity contribution in [1.82, 2.24) is 9.47 Å². The quantitative estimate of drug-likeness (QED) is 0.420. The molecule has 0 saturated carbocycles. The largest absolute Gasteiger partial charge is 0.390 e. The molecule has 5 nitrogen and oxygen atoms in total. The highest BCUT2D eigenvalue weighted by molar-refractivity contribution is 5.95. The summed E-state index contributed by atoms with van der Waals surface area (Å²) in [5.41, 5.74) is 12.8. The van der Waals surface area contributed by atoms with Crippen molar-refractivity contribution in [2.24, 2.45) is 5.73 Å². The fourth-order valence-electron chi connectivity index (χ4n) is 5.82. The minimum absolute atomic E-state index is 0.226. The fraction of sp³-hybridized carbons (Fsp3) is 0.276. The smallest absolute Gasteiger partial charge is 0.188 e. The highest BCUT2D eigenvalue weighted by Gasteiger charge is 2.30. The van der Waals surface area contributed by atoms with Crippen molar-refractivity contribution in [1.29, 1.82) is 0 Å². The Hall–Kier alpha value is -3.43. The minimum Gasteiger partial charge on any atom is -0.390 e. The van der Waals surface area contributed by atoms with Gasteiger partial charge in [0.15, 0.2) is 5.69 Å². The lowest BCUT2D eigenvalue weighted by molar-refractivity contribution is 0.163. The molecule has 3 N–H and O–H groups in total. The summed E-state index contributed by atoms with van der Waals surface area (Å²) >= 11 is 0. The molecular formula is C29H28N4O. The summed E-state index contributed by atoms with van der Waals surface area (Å²) in [6, 6.07) is 19.6. The van der Waals surface area contributed by atoms with Gasteiger partial charge in [-0.1, -0.05) is 48.5 Å². The van der Waals surface area contributed by atoms with Gasteiger partial charge in [0.25, 0.3) is 0 Å². The number of aliphatic hydroxyl groups is 1. The van der Waals surface area contributed by atoms with E-state index in [9.17, 15) is 5.11 Å². The van der Waals surface area contributed by atoms with Crippen LogP contribution in [0.3, 0.4) is 0 Å². The van der Waals surface area contributed by atoms with Crippen molar-refractivity contribution in [2.45, 2.75) is 31.5 Å². The molecule has 1 aliphatic heterocycles. The molecule has 0 fully saturated rings.